The molecular formula is C22H28O3. The SMILES string of the molecule is CC(C)[C@@H]1CC[C@]2(C)[C@H]1[C@H]1[C@@]3(CC[C@]12OC(=O)c1ccccc1)CO3. The molecule has 1 saturated heterocycles. The lowest BCUT2D eigenvalue weighted by Crippen LogP contribution is -2.70. The highest BCUT2D eigenvalue weighted by Gasteiger charge is 2.84. The van der Waals surface area contributed by atoms with Crippen molar-refractivity contribution in [1.82, 2.24) is 0 Å². The van der Waals surface area contributed by atoms with Gasteiger partial charge in [-0.25, -0.2) is 4.79 Å². The quantitative estimate of drug-likeness (QED) is 0.602. The maximum Gasteiger partial charge on any atom is 0.338 e. The normalized spacial score (nSPS) is 46.6. The highest BCUT2D eigenvalue weighted by molar-refractivity contribution is 5.89. The van der Waals surface area contributed by atoms with E-state index in [2.05, 4.69) is 20.8 Å². The molecule has 1 heterocycles. The van der Waals surface area contributed by atoms with Crippen molar-refractivity contribution in [3.8, 4) is 0 Å². The molecule has 5 rings (SSSR count). The minimum atomic E-state index is -0.315. The van der Waals surface area contributed by atoms with Gasteiger partial charge in [-0.15, -0.1) is 0 Å². The lowest BCUT2D eigenvalue weighted by Gasteiger charge is -2.64. The third-order valence-corrected chi connectivity index (χ3v) is 8.16. The molecule has 1 aliphatic heterocycles. The van der Waals surface area contributed by atoms with E-state index in [1.165, 1.54) is 12.8 Å². The van der Waals surface area contributed by atoms with E-state index in [9.17, 15) is 4.79 Å². The molecule has 0 amide bonds. The standard InChI is InChI=1S/C22H28O3/c1-14(2)16-9-10-20(3)17(16)18-21(13-24-21)11-12-22(18,20)25-19(23)15-7-5-4-6-8-15/h4-8,14,16-18H,9-13H2,1-3H3/t16-,17+,18-,20+,21+,22-/m0/s1. The molecular weight excluding hydrogens is 312 g/mol. The largest absolute Gasteiger partial charge is 0.454 e. The van der Waals surface area contributed by atoms with Crippen molar-refractivity contribution in [3.05, 3.63) is 35.9 Å². The maximum absolute atomic E-state index is 12.9. The summed E-state index contributed by atoms with van der Waals surface area (Å²) < 4.78 is 12.4. The van der Waals surface area contributed by atoms with Crippen LogP contribution in [-0.2, 0) is 9.47 Å². The van der Waals surface area contributed by atoms with E-state index in [-0.39, 0.29) is 22.6 Å². The third kappa shape index (κ3) is 1.83. The number of ether oxygens (including phenoxy) is 2. The molecule has 3 heteroatoms. The van der Waals surface area contributed by atoms with Gasteiger partial charge < -0.3 is 9.47 Å². The molecule has 0 unspecified atom stereocenters. The molecule has 1 aromatic carbocycles. The predicted octanol–water partition coefficient (Wildman–Crippen LogP) is 4.46. The van der Waals surface area contributed by atoms with Crippen LogP contribution in [0.1, 0.15) is 56.8 Å². The smallest absolute Gasteiger partial charge is 0.338 e. The van der Waals surface area contributed by atoms with E-state index in [1.54, 1.807) is 0 Å². The van der Waals surface area contributed by atoms with Gasteiger partial charge in [0.25, 0.3) is 0 Å². The first-order valence-corrected chi connectivity index (χ1v) is 9.86. The minimum Gasteiger partial charge on any atom is -0.454 e. The van der Waals surface area contributed by atoms with Gasteiger partial charge in [0.1, 0.15) is 5.60 Å². The van der Waals surface area contributed by atoms with Crippen molar-refractivity contribution in [2.75, 3.05) is 6.61 Å². The number of epoxide rings is 1. The molecule has 6 atom stereocenters. The summed E-state index contributed by atoms with van der Waals surface area (Å²) >= 11 is 0. The molecule has 0 aromatic heterocycles. The average molecular weight is 340 g/mol. The zero-order chi connectivity index (χ0) is 17.4. The van der Waals surface area contributed by atoms with Crippen molar-refractivity contribution >= 4 is 5.97 Å². The predicted molar refractivity (Wildman–Crippen MR) is 95.2 cm³/mol. The molecule has 0 radical (unpaired) electrons. The average Bonchev–Trinajstić information content (AvgIpc) is 3.23. The summed E-state index contributed by atoms with van der Waals surface area (Å²) in [5.41, 5.74) is 0.481. The lowest BCUT2D eigenvalue weighted by molar-refractivity contribution is -0.248. The van der Waals surface area contributed by atoms with Crippen molar-refractivity contribution in [1.29, 1.82) is 0 Å². The molecule has 134 valence electrons. The van der Waals surface area contributed by atoms with Crippen LogP contribution in [0, 0.1) is 29.1 Å². The first-order chi connectivity index (χ1) is 11.9. The number of hydrogen-bond acceptors (Lipinski definition) is 3. The van der Waals surface area contributed by atoms with Crippen LogP contribution in [0.25, 0.3) is 0 Å². The number of esters is 1. The van der Waals surface area contributed by atoms with Gasteiger partial charge in [0, 0.05) is 11.3 Å². The van der Waals surface area contributed by atoms with E-state index >= 15 is 0 Å². The van der Waals surface area contributed by atoms with E-state index in [0.29, 0.717) is 23.3 Å². The summed E-state index contributed by atoms with van der Waals surface area (Å²) in [4.78, 5) is 12.9. The van der Waals surface area contributed by atoms with Crippen LogP contribution in [0.5, 0.6) is 0 Å². The number of carbonyl (C=O) groups is 1. The molecule has 4 fully saturated rings. The number of fused-ring (bicyclic) bond motifs is 5. The van der Waals surface area contributed by atoms with Crippen LogP contribution >= 0.6 is 0 Å². The summed E-state index contributed by atoms with van der Waals surface area (Å²) in [7, 11) is 0. The van der Waals surface area contributed by atoms with Gasteiger partial charge >= 0.3 is 5.97 Å². The summed E-state index contributed by atoms with van der Waals surface area (Å²) in [6, 6.07) is 9.46. The molecule has 3 aliphatic carbocycles. The third-order valence-electron chi connectivity index (χ3n) is 8.16. The molecule has 0 bridgehead atoms. The van der Waals surface area contributed by atoms with E-state index < -0.39 is 0 Å². The lowest BCUT2D eigenvalue weighted by atomic mass is 9.43. The Hall–Kier alpha value is -1.35. The van der Waals surface area contributed by atoms with Crippen LogP contribution in [-0.4, -0.2) is 23.8 Å². The van der Waals surface area contributed by atoms with E-state index in [1.807, 2.05) is 30.3 Å². The van der Waals surface area contributed by atoms with Crippen molar-refractivity contribution < 1.29 is 14.3 Å². The Labute approximate surface area is 150 Å². The fourth-order valence-corrected chi connectivity index (χ4v) is 6.88. The van der Waals surface area contributed by atoms with Gasteiger partial charge in [-0.2, -0.15) is 0 Å². The first-order valence-electron chi connectivity index (χ1n) is 9.86. The topological polar surface area (TPSA) is 38.8 Å². The summed E-state index contributed by atoms with van der Waals surface area (Å²) in [6.07, 6.45) is 4.45. The van der Waals surface area contributed by atoms with Gasteiger partial charge in [-0.3, -0.25) is 0 Å². The monoisotopic (exact) mass is 340 g/mol. The Bertz CT molecular complexity index is 707. The van der Waals surface area contributed by atoms with Crippen molar-refractivity contribution in [3.63, 3.8) is 0 Å². The Morgan fingerprint density at radius 2 is 1.92 bits per heavy atom. The van der Waals surface area contributed by atoms with Crippen LogP contribution in [0.3, 0.4) is 0 Å². The molecule has 1 spiro atoms. The highest BCUT2D eigenvalue weighted by atomic mass is 16.6. The Kier molecular flexibility index (Phi) is 3.10. The molecule has 1 aromatic rings. The Balaban J connectivity index is 1.51. The summed E-state index contributed by atoms with van der Waals surface area (Å²) in [6.45, 7) is 7.94. The van der Waals surface area contributed by atoms with E-state index in [4.69, 9.17) is 9.47 Å². The van der Waals surface area contributed by atoms with Crippen LogP contribution in [0.4, 0.5) is 0 Å². The maximum atomic E-state index is 12.9. The molecule has 25 heavy (non-hydrogen) atoms. The number of hydrogen-bond donors (Lipinski definition) is 0. The van der Waals surface area contributed by atoms with Crippen molar-refractivity contribution in [2.45, 2.75) is 57.7 Å². The summed E-state index contributed by atoms with van der Waals surface area (Å²) in [5.74, 6) is 2.30. The Morgan fingerprint density at radius 3 is 2.56 bits per heavy atom. The van der Waals surface area contributed by atoms with Gasteiger partial charge in [0.05, 0.1) is 17.8 Å². The van der Waals surface area contributed by atoms with E-state index in [0.717, 1.165) is 25.4 Å². The number of benzene rings is 1. The molecule has 3 nitrogen and oxygen atoms in total. The number of rotatable bonds is 3. The Morgan fingerprint density at radius 1 is 1.20 bits per heavy atom. The molecule has 3 saturated carbocycles. The zero-order valence-electron chi connectivity index (χ0n) is 15.5. The van der Waals surface area contributed by atoms with Crippen LogP contribution in [0.2, 0.25) is 0 Å². The zero-order valence-corrected chi connectivity index (χ0v) is 15.5. The summed E-state index contributed by atoms with van der Waals surface area (Å²) in [5, 5.41) is 0. The first kappa shape index (κ1) is 15.9. The fraction of sp³-hybridized carbons (Fsp3) is 0.682. The second-order valence-electron chi connectivity index (χ2n) is 9.37. The molecule has 0 N–H and O–H groups in total. The highest BCUT2D eigenvalue weighted by Crippen LogP contribution is 2.79. The van der Waals surface area contributed by atoms with Crippen LogP contribution < -0.4 is 0 Å². The second kappa shape index (κ2) is 4.88. The fourth-order valence-electron chi connectivity index (χ4n) is 6.88. The van der Waals surface area contributed by atoms with Gasteiger partial charge in [0.15, 0.2) is 0 Å². The molecule has 4 aliphatic rings. The minimum absolute atomic E-state index is 0.0125. The van der Waals surface area contributed by atoms with Crippen molar-refractivity contribution in [2.24, 2.45) is 29.1 Å². The van der Waals surface area contributed by atoms with Gasteiger partial charge in [0.2, 0.25) is 0 Å². The van der Waals surface area contributed by atoms with Gasteiger partial charge in [-0.05, 0) is 55.6 Å². The number of carbonyl (C=O) groups excluding carboxylic acids is 1. The second-order valence-corrected chi connectivity index (χ2v) is 9.37. The van der Waals surface area contributed by atoms with Crippen LogP contribution in [0.15, 0.2) is 30.3 Å². The van der Waals surface area contributed by atoms with Gasteiger partial charge in [-0.1, -0.05) is 39.0 Å².